The zero-order valence-electron chi connectivity index (χ0n) is 3.65. The number of allylic oxidation sites excluding steroid dienone is 1. The number of thiol groups is 1. The molecule has 0 aliphatic heterocycles. The van der Waals surface area contributed by atoms with Gasteiger partial charge in [0.15, 0.2) is 5.12 Å². The molecule has 0 heterocycles. The molecule has 0 saturated carbocycles. The maximum Gasteiger partial charge on any atom is 0.191 e. The smallest absolute Gasteiger partial charge is 0.191 e. The molecule has 7 heavy (non-hydrogen) atoms. The minimum Gasteiger partial charge on any atom is -0.287 e. The van der Waals surface area contributed by atoms with Crippen molar-refractivity contribution in [2.75, 3.05) is 0 Å². The molecule has 0 fully saturated rings. The summed E-state index contributed by atoms with van der Waals surface area (Å²) in [4.78, 5) is 9.97. The van der Waals surface area contributed by atoms with Crippen LogP contribution in [0, 0.1) is 0 Å². The Kier molecular flexibility index (Phi) is 3.13. The predicted molar refractivity (Wildman–Crippen MR) is 33.6 cm³/mol. The first-order chi connectivity index (χ1) is 3.13. The molecule has 0 spiro atoms. The third-order valence-electron chi connectivity index (χ3n) is 0.343. The minimum atomic E-state index is -0.250. The van der Waals surface area contributed by atoms with Crippen molar-refractivity contribution in [3.8, 4) is 0 Å². The van der Waals surface area contributed by atoms with Crippen molar-refractivity contribution in [1.82, 2.24) is 0 Å². The van der Waals surface area contributed by atoms with Gasteiger partial charge in [-0.05, 0) is 0 Å². The van der Waals surface area contributed by atoms with Crippen LogP contribution in [0.1, 0.15) is 6.42 Å². The van der Waals surface area contributed by atoms with Crippen LogP contribution in [0.25, 0.3) is 0 Å². The lowest BCUT2D eigenvalue weighted by molar-refractivity contribution is -0.110. The molecule has 0 unspecified atom stereocenters. The molecule has 0 saturated heterocycles. The van der Waals surface area contributed by atoms with E-state index in [1.165, 1.54) is 0 Å². The summed E-state index contributed by atoms with van der Waals surface area (Å²) < 4.78 is 0. The Labute approximate surface area is 52.8 Å². The van der Waals surface area contributed by atoms with Crippen LogP contribution in [0.3, 0.4) is 0 Å². The predicted octanol–water partition coefficient (Wildman–Crippen LogP) is 1.59. The standard InChI is InChI=1S/C4H5ClOS/c1-3(5)2-4(6)7/h1-2H2,(H,6,7). The van der Waals surface area contributed by atoms with Gasteiger partial charge in [0, 0.05) is 5.03 Å². The van der Waals surface area contributed by atoms with E-state index in [0.717, 1.165) is 0 Å². The molecule has 40 valence electrons. The lowest BCUT2D eigenvalue weighted by atomic mass is 10.5. The zero-order chi connectivity index (χ0) is 5.86. The molecule has 0 aliphatic rings. The average Bonchev–Trinajstić information content (AvgIpc) is 1.27. The highest BCUT2D eigenvalue weighted by Crippen LogP contribution is 2.04. The fourth-order valence-corrected chi connectivity index (χ4v) is 0.569. The van der Waals surface area contributed by atoms with E-state index in [1.54, 1.807) is 0 Å². The van der Waals surface area contributed by atoms with Crippen molar-refractivity contribution >= 4 is 29.3 Å². The molecule has 3 heteroatoms. The molecule has 0 aromatic carbocycles. The summed E-state index contributed by atoms with van der Waals surface area (Å²) in [6.07, 6.45) is 0.157. The van der Waals surface area contributed by atoms with Crippen LogP contribution in [0.2, 0.25) is 0 Å². The molecule has 0 radical (unpaired) electrons. The minimum absolute atomic E-state index is 0.157. The normalized spacial score (nSPS) is 8.29. The van der Waals surface area contributed by atoms with E-state index in [9.17, 15) is 4.79 Å². The van der Waals surface area contributed by atoms with Crippen LogP contribution in [-0.4, -0.2) is 5.12 Å². The molecule has 0 aliphatic carbocycles. The summed E-state index contributed by atoms with van der Waals surface area (Å²) in [5, 5.41) is 0.0833. The van der Waals surface area contributed by atoms with Crippen molar-refractivity contribution in [3.05, 3.63) is 11.6 Å². The number of hydrogen-bond acceptors (Lipinski definition) is 1. The van der Waals surface area contributed by atoms with E-state index in [0.29, 0.717) is 5.03 Å². The Morgan fingerprint density at radius 3 is 2.29 bits per heavy atom. The SMILES string of the molecule is C=C(Cl)CC(=O)S. The van der Waals surface area contributed by atoms with Gasteiger partial charge in [-0.2, -0.15) is 0 Å². The first kappa shape index (κ1) is 7.05. The van der Waals surface area contributed by atoms with E-state index in [2.05, 4.69) is 19.2 Å². The zero-order valence-corrected chi connectivity index (χ0v) is 5.30. The van der Waals surface area contributed by atoms with Crippen molar-refractivity contribution < 1.29 is 4.79 Å². The van der Waals surface area contributed by atoms with Crippen LogP contribution < -0.4 is 0 Å². The van der Waals surface area contributed by atoms with Crippen LogP contribution in [0.15, 0.2) is 11.6 Å². The quantitative estimate of drug-likeness (QED) is 0.571. The average molecular weight is 137 g/mol. The van der Waals surface area contributed by atoms with Crippen molar-refractivity contribution in [3.63, 3.8) is 0 Å². The fourth-order valence-electron chi connectivity index (χ4n) is 0.164. The lowest BCUT2D eigenvalue weighted by Gasteiger charge is -1.84. The second-order valence-corrected chi connectivity index (χ2v) is 2.12. The molecule has 0 atom stereocenters. The van der Waals surface area contributed by atoms with Crippen LogP contribution in [0.5, 0.6) is 0 Å². The van der Waals surface area contributed by atoms with E-state index in [-0.39, 0.29) is 11.5 Å². The summed E-state index contributed by atoms with van der Waals surface area (Å²) >= 11 is 8.66. The molecule has 0 rings (SSSR count). The number of halogens is 1. The van der Waals surface area contributed by atoms with Gasteiger partial charge in [-0.25, -0.2) is 0 Å². The number of hydrogen-bond donors (Lipinski definition) is 1. The lowest BCUT2D eigenvalue weighted by Crippen LogP contribution is -1.82. The van der Waals surface area contributed by atoms with E-state index in [1.807, 2.05) is 0 Å². The van der Waals surface area contributed by atoms with Gasteiger partial charge >= 0.3 is 0 Å². The van der Waals surface area contributed by atoms with E-state index >= 15 is 0 Å². The van der Waals surface area contributed by atoms with E-state index in [4.69, 9.17) is 11.6 Å². The first-order valence-electron chi connectivity index (χ1n) is 1.68. The summed E-state index contributed by atoms with van der Waals surface area (Å²) in [6.45, 7) is 3.29. The second-order valence-electron chi connectivity index (χ2n) is 1.09. The monoisotopic (exact) mass is 136 g/mol. The summed E-state index contributed by atoms with van der Waals surface area (Å²) in [5.74, 6) is 0. The highest BCUT2D eigenvalue weighted by molar-refractivity contribution is 7.96. The van der Waals surface area contributed by atoms with Gasteiger partial charge in [0.05, 0.1) is 6.42 Å². The number of rotatable bonds is 2. The van der Waals surface area contributed by atoms with Gasteiger partial charge in [0.25, 0.3) is 0 Å². The molecule has 0 N–H and O–H groups in total. The van der Waals surface area contributed by atoms with Crippen molar-refractivity contribution in [2.45, 2.75) is 6.42 Å². The highest BCUT2D eigenvalue weighted by Gasteiger charge is 1.92. The number of carbonyl (C=O) groups is 1. The van der Waals surface area contributed by atoms with Crippen LogP contribution >= 0.6 is 24.2 Å². The fraction of sp³-hybridized carbons (Fsp3) is 0.250. The van der Waals surface area contributed by atoms with Crippen molar-refractivity contribution in [1.29, 1.82) is 0 Å². The first-order valence-corrected chi connectivity index (χ1v) is 2.50. The third kappa shape index (κ3) is 6.05. The maximum absolute atomic E-state index is 9.97. The molecule has 0 bridgehead atoms. The van der Waals surface area contributed by atoms with Gasteiger partial charge in [0.1, 0.15) is 0 Å². The van der Waals surface area contributed by atoms with Gasteiger partial charge in [-0.15, -0.1) is 12.6 Å². The summed E-state index contributed by atoms with van der Waals surface area (Å²) in [7, 11) is 0. The molecule has 1 nitrogen and oxygen atoms in total. The van der Waals surface area contributed by atoms with Gasteiger partial charge < -0.3 is 0 Å². The van der Waals surface area contributed by atoms with Crippen LogP contribution in [-0.2, 0) is 4.79 Å². The molecule has 0 amide bonds. The topological polar surface area (TPSA) is 17.1 Å². The summed E-state index contributed by atoms with van der Waals surface area (Å²) in [6, 6.07) is 0. The van der Waals surface area contributed by atoms with Gasteiger partial charge in [-0.3, -0.25) is 4.79 Å². The molecular formula is C4H5ClOS. The third-order valence-corrected chi connectivity index (χ3v) is 0.635. The Bertz CT molecular complexity index is 87.9. The largest absolute Gasteiger partial charge is 0.287 e. The van der Waals surface area contributed by atoms with Crippen molar-refractivity contribution in [2.24, 2.45) is 0 Å². The van der Waals surface area contributed by atoms with Gasteiger partial charge in [0.2, 0.25) is 0 Å². The van der Waals surface area contributed by atoms with E-state index < -0.39 is 0 Å². The Hall–Kier alpha value is 0.0500. The maximum atomic E-state index is 9.97. The molecule has 0 aromatic rings. The van der Waals surface area contributed by atoms with Gasteiger partial charge in [-0.1, -0.05) is 18.2 Å². The second kappa shape index (κ2) is 3.10. The number of carbonyl (C=O) groups excluding carboxylic acids is 1. The summed E-state index contributed by atoms with van der Waals surface area (Å²) in [5.41, 5.74) is 0. The van der Waals surface area contributed by atoms with Crippen LogP contribution in [0.4, 0.5) is 0 Å². The molecule has 0 aromatic heterocycles. The Balaban J connectivity index is 3.32. The Morgan fingerprint density at radius 1 is 1.86 bits per heavy atom. The molecular weight excluding hydrogens is 132 g/mol. The Morgan fingerprint density at radius 2 is 2.29 bits per heavy atom. The highest BCUT2D eigenvalue weighted by atomic mass is 35.5.